The molecule has 2 unspecified atom stereocenters. The molecular formula is C32H31Cl2N7O6S. The maximum atomic E-state index is 14.5. The van der Waals surface area contributed by atoms with Gasteiger partial charge < -0.3 is 10.1 Å². The van der Waals surface area contributed by atoms with Crippen molar-refractivity contribution in [3.05, 3.63) is 83.0 Å². The van der Waals surface area contributed by atoms with Crippen LogP contribution in [0.25, 0.3) is 11.1 Å². The number of nitrogens with zero attached hydrogens (tertiary/aromatic N) is 6. The Hall–Kier alpha value is -4.37. The molecule has 2 aromatic heterocycles. The van der Waals surface area contributed by atoms with Gasteiger partial charge in [-0.15, -0.1) is 0 Å². The summed E-state index contributed by atoms with van der Waals surface area (Å²) in [5.74, 6) is -1.41. The second kappa shape index (κ2) is 13.3. The summed E-state index contributed by atoms with van der Waals surface area (Å²) in [4.78, 5) is 53.1. The maximum absolute atomic E-state index is 14.5. The number of methoxy groups -OCH3 is 1. The van der Waals surface area contributed by atoms with Crippen LogP contribution in [0.4, 0.5) is 11.6 Å². The number of benzene rings is 2. The van der Waals surface area contributed by atoms with E-state index in [1.807, 2.05) is 24.3 Å². The summed E-state index contributed by atoms with van der Waals surface area (Å²) in [7, 11) is -3.13. The average molecular weight is 713 g/mol. The molecule has 1 saturated heterocycles. The van der Waals surface area contributed by atoms with Gasteiger partial charge in [-0.25, -0.2) is 28.3 Å². The van der Waals surface area contributed by atoms with E-state index >= 15 is 0 Å². The summed E-state index contributed by atoms with van der Waals surface area (Å²) in [6.07, 6.45) is 6.81. The van der Waals surface area contributed by atoms with Crippen LogP contribution in [-0.4, -0.2) is 76.3 Å². The van der Waals surface area contributed by atoms with Gasteiger partial charge in [0.2, 0.25) is 11.9 Å². The number of anilines is 2. The Morgan fingerprint density at radius 1 is 1.04 bits per heavy atom. The van der Waals surface area contributed by atoms with Crippen molar-refractivity contribution in [2.24, 2.45) is 0 Å². The number of fused-ring (bicyclic) bond motifs is 1. The fourth-order valence-corrected chi connectivity index (χ4v) is 8.55. The Balaban J connectivity index is 1.39. The van der Waals surface area contributed by atoms with Crippen LogP contribution in [0.5, 0.6) is 0 Å². The minimum atomic E-state index is -4.38. The molecule has 250 valence electrons. The molecule has 4 heterocycles. The van der Waals surface area contributed by atoms with Gasteiger partial charge in [0, 0.05) is 47.5 Å². The molecule has 2 aliphatic heterocycles. The average Bonchev–Trinajstić information content (AvgIpc) is 3.78. The molecule has 0 saturated carbocycles. The molecule has 2 atom stereocenters. The third kappa shape index (κ3) is 6.16. The van der Waals surface area contributed by atoms with E-state index in [4.69, 9.17) is 23.2 Å². The molecule has 0 bridgehead atoms. The Kier molecular flexibility index (Phi) is 9.27. The molecule has 2 aromatic carbocycles. The van der Waals surface area contributed by atoms with Crippen LogP contribution in [0, 0.1) is 0 Å². The van der Waals surface area contributed by atoms with Gasteiger partial charge in [-0.1, -0.05) is 47.5 Å². The van der Waals surface area contributed by atoms with Crippen LogP contribution in [0.1, 0.15) is 31.7 Å². The van der Waals surface area contributed by atoms with Crippen LogP contribution in [0.3, 0.4) is 0 Å². The number of sulfonamides is 1. The minimum absolute atomic E-state index is 0.00219. The lowest BCUT2D eigenvalue weighted by atomic mass is 9.91. The summed E-state index contributed by atoms with van der Waals surface area (Å²) in [5.41, 5.74) is 1.29. The summed E-state index contributed by atoms with van der Waals surface area (Å²) in [5, 5.41) is 2.96. The zero-order valence-electron chi connectivity index (χ0n) is 26.0. The number of aromatic nitrogens is 4. The summed E-state index contributed by atoms with van der Waals surface area (Å²) in [6.45, 7) is 1.74. The Morgan fingerprint density at radius 2 is 1.73 bits per heavy atom. The standard InChI is InChI=1S/C32H31Cl2N7O6S/c1-32(15-20-5-7-21(8-6-20)22-16-35-19-36-17-22)30(44)40(25-13-23(33)12-24(34)14-25)31-38-18-27(41(31)32)48(45,46)39-11-3-4-26(39)29(43)37-10-9-28(42)47-2/h5-8,12-14,16-19,26H,3-4,9-11,15H2,1-2H3,(H,37,43). The first-order valence-corrected chi connectivity index (χ1v) is 17.2. The highest BCUT2D eigenvalue weighted by Gasteiger charge is 2.53. The molecule has 2 aliphatic rings. The molecule has 4 aromatic rings. The number of hydrogen-bond acceptors (Lipinski definition) is 9. The topological polar surface area (TPSA) is 157 Å². The number of rotatable bonds is 10. The molecule has 16 heteroatoms. The predicted molar refractivity (Wildman–Crippen MR) is 177 cm³/mol. The SMILES string of the molecule is COC(=O)CCNC(=O)C1CCCN1S(=O)(=O)c1cnc2n1C(C)(Cc1ccc(-c3cncnc3)cc1)C(=O)N2c1cc(Cl)cc(Cl)c1. The summed E-state index contributed by atoms with van der Waals surface area (Å²) >= 11 is 12.6. The van der Waals surface area contributed by atoms with Crippen molar-refractivity contribution in [2.75, 3.05) is 25.1 Å². The first-order valence-electron chi connectivity index (χ1n) is 15.0. The van der Waals surface area contributed by atoms with E-state index < -0.39 is 39.4 Å². The zero-order chi connectivity index (χ0) is 34.2. The van der Waals surface area contributed by atoms with Crippen molar-refractivity contribution in [1.82, 2.24) is 29.1 Å². The third-order valence-electron chi connectivity index (χ3n) is 8.51. The van der Waals surface area contributed by atoms with Gasteiger partial charge in [0.1, 0.15) is 17.9 Å². The lowest BCUT2D eigenvalue weighted by Gasteiger charge is -2.29. The number of imidazole rings is 1. The van der Waals surface area contributed by atoms with Crippen LogP contribution in [-0.2, 0) is 41.1 Å². The number of nitrogens with one attached hydrogen (secondary N) is 1. The van der Waals surface area contributed by atoms with E-state index in [1.54, 1.807) is 31.5 Å². The van der Waals surface area contributed by atoms with Crippen molar-refractivity contribution < 1.29 is 27.5 Å². The Bertz CT molecular complexity index is 1970. The number of carbonyl (C=O) groups is 3. The molecule has 0 radical (unpaired) electrons. The largest absolute Gasteiger partial charge is 0.469 e. The van der Waals surface area contributed by atoms with E-state index in [2.05, 4.69) is 25.0 Å². The quantitative estimate of drug-likeness (QED) is 0.239. The van der Waals surface area contributed by atoms with E-state index in [-0.39, 0.29) is 53.4 Å². The number of carbonyl (C=O) groups excluding carboxylic acids is 3. The molecule has 1 N–H and O–H groups in total. The molecule has 0 aliphatic carbocycles. The maximum Gasteiger partial charge on any atom is 0.307 e. The van der Waals surface area contributed by atoms with E-state index in [1.165, 1.54) is 35.2 Å². The van der Waals surface area contributed by atoms with Gasteiger partial charge in [0.05, 0.1) is 25.4 Å². The van der Waals surface area contributed by atoms with E-state index in [0.717, 1.165) is 21.0 Å². The highest BCUT2D eigenvalue weighted by atomic mass is 35.5. The van der Waals surface area contributed by atoms with Gasteiger partial charge in [-0.3, -0.25) is 19.0 Å². The van der Waals surface area contributed by atoms with Crippen molar-refractivity contribution in [3.8, 4) is 11.1 Å². The van der Waals surface area contributed by atoms with Gasteiger partial charge in [0.25, 0.3) is 15.9 Å². The number of esters is 1. The van der Waals surface area contributed by atoms with Gasteiger partial charge in [-0.2, -0.15) is 4.31 Å². The number of ether oxygens (including phenoxy) is 1. The van der Waals surface area contributed by atoms with Gasteiger partial charge >= 0.3 is 5.97 Å². The molecule has 48 heavy (non-hydrogen) atoms. The summed E-state index contributed by atoms with van der Waals surface area (Å²) < 4.78 is 36.0. The fourth-order valence-electron chi connectivity index (χ4n) is 6.19. The highest BCUT2D eigenvalue weighted by molar-refractivity contribution is 7.89. The Labute approximate surface area is 286 Å². The number of halogens is 2. The van der Waals surface area contributed by atoms with E-state index in [0.29, 0.717) is 12.1 Å². The van der Waals surface area contributed by atoms with Gasteiger partial charge in [-0.05, 0) is 49.1 Å². The van der Waals surface area contributed by atoms with Gasteiger partial charge in [0.15, 0.2) is 5.03 Å². The smallest absolute Gasteiger partial charge is 0.307 e. The van der Waals surface area contributed by atoms with Crippen LogP contribution in [0.2, 0.25) is 10.0 Å². The molecule has 0 spiro atoms. The molecule has 13 nitrogen and oxygen atoms in total. The third-order valence-corrected chi connectivity index (χ3v) is 10.8. The number of hydrogen-bond donors (Lipinski definition) is 1. The second-order valence-corrected chi connectivity index (χ2v) is 14.4. The molecule has 6 rings (SSSR count). The monoisotopic (exact) mass is 711 g/mol. The van der Waals surface area contributed by atoms with Crippen molar-refractivity contribution in [1.29, 1.82) is 0 Å². The molecule has 1 fully saturated rings. The minimum Gasteiger partial charge on any atom is -0.469 e. The lowest BCUT2D eigenvalue weighted by Crippen LogP contribution is -2.48. The number of amides is 2. The van der Waals surface area contributed by atoms with Crippen molar-refractivity contribution >= 4 is 62.6 Å². The normalized spacial score (nSPS) is 19.4. The lowest BCUT2D eigenvalue weighted by molar-refractivity contribution is -0.140. The van der Waals surface area contributed by atoms with Crippen molar-refractivity contribution in [3.63, 3.8) is 0 Å². The molecular weight excluding hydrogens is 681 g/mol. The zero-order valence-corrected chi connectivity index (χ0v) is 28.3. The van der Waals surface area contributed by atoms with E-state index in [9.17, 15) is 22.8 Å². The fraction of sp³-hybridized carbons (Fsp3) is 0.312. The summed E-state index contributed by atoms with van der Waals surface area (Å²) in [6, 6.07) is 11.1. The first-order chi connectivity index (χ1) is 22.9. The highest BCUT2D eigenvalue weighted by Crippen LogP contribution is 2.45. The first kappa shape index (κ1) is 33.5. The van der Waals surface area contributed by atoms with Crippen molar-refractivity contribution in [2.45, 2.75) is 49.2 Å². The van der Waals surface area contributed by atoms with Crippen LogP contribution in [0.15, 0.2) is 72.4 Å². The second-order valence-electron chi connectivity index (χ2n) is 11.7. The predicted octanol–water partition coefficient (Wildman–Crippen LogP) is 4.12. The van der Waals surface area contributed by atoms with Crippen LogP contribution >= 0.6 is 23.2 Å². The molecule has 2 amide bonds. The van der Waals surface area contributed by atoms with Crippen LogP contribution < -0.4 is 10.2 Å². The Morgan fingerprint density at radius 3 is 2.40 bits per heavy atom.